The number of benzene rings is 1. The van der Waals surface area contributed by atoms with Gasteiger partial charge in [0.25, 0.3) is 11.8 Å². The largest absolute Gasteiger partial charge is 0.484 e. The summed E-state index contributed by atoms with van der Waals surface area (Å²) in [5.41, 5.74) is 0.590. The second-order valence-electron chi connectivity index (χ2n) is 5.37. The normalized spacial score (nSPS) is 10.0. The maximum Gasteiger partial charge on any atom is 0.261 e. The monoisotopic (exact) mass is 375 g/mol. The van der Waals surface area contributed by atoms with Crippen molar-refractivity contribution >= 4 is 34.7 Å². The second-order valence-corrected chi connectivity index (χ2v) is 6.32. The standard InChI is InChI=1S/C18H21N3O4S/c1-19-17(23)12-25-14-6-2-5-13(11-14)21-16(22)8-3-9-20-18(24)15-7-4-10-26-15/h2,4-7,10-11H,3,8-9,12H2,1H3,(H,19,23)(H,20,24)(H,21,22). The van der Waals surface area contributed by atoms with Crippen molar-refractivity contribution in [2.45, 2.75) is 12.8 Å². The number of ether oxygens (including phenoxy) is 1. The Bertz CT molecular complexity index is 747. The van der Waals surface area contributed by atoms with Gasteiger partial charge in [0.1, 0.15) is 5.75 Å². The summed E-state index contributed by atoms with van der Waals surface area (Å²) < 4.78 is 5.33. The first-order valence-corrected chi connectivity index (χ1v) is 9.01. The Labute approximate surface area is 155 Å². The van der Waals surface area contributed by atoms with E-state index in [0.29, 0.717) is 29.3 Å². The summed E-state index contributed by atoms with van der Waals surface area (Å²) in [6.45, 7) is 0.345. The van der Waals surface area contributed by atoms with Crippen LogP contribution in [-0.2, 0) is 9.59 Å². The lowest BCUT2D eigenvalue weighted by atomic mass is 10.2. The third kappa shape index (κ3) is 6.56. The van der Waals surface area contributed by atoms with Gasteiger partial charge in [-0.25, -0.2) is 0 Å². The zero-order valence-corrected chi connectivity index (χ0v) is 15.2. The van der Waals surface area contributed by atoms with Crippen molar-refractivity contribution < 1.29 is 19.1 Å². The van der Waals surface area contributed by atoms with Crippen molar-refractivity contribution in [2.24, 2.45) is 0 Å². The van der Waals surface area contributed by atoms with E-state index in [2.05, 4.69) is 16.0 Å². The first kappa shape index (κ1) is 19.5. The Kier molecular flexibility index (Phi) is 7.63. The average Bonchev–Trinajstić information content (AvgIpc) is 3.18. The lowest BCUT2D eigenvalue weighted by molar-refractivity contribution is -0.122. The lowest BCUT2D eigenvalue weighted by Gasteiger charge is -2.09. The van der Waals surface area contributed by atoms with Gasteiger partial charge in [-0.1, -0.05) is 12.1 Å². The van der Waals surface area contributed by atoms with Crippen LogP contribution >= 0.6 is 11.3 Å². The van der Waals surface area contributed by atoms with E-state index in [0.717, 1.165) is 0 Å². The number of hydrogen-bond acceptors (Lipinski definition) is 5. The topological polar surface area (TPSA) is 96.5 Å². The van der Waals surface area contributed by atoms with Gasteiger partial charge >= 0.3 is 0 Å². The van der Waals surface area contributed by atoms with Gasteiger partial charge in [0.2, 0.25) is 5.91 Å². The summed E-state index contributed by atoms with van der Waals surface area (Å²) in [6, 6.07) is 10.4. The van der Waals surface area contributed by atoms with E-state index >= 15 is 0 Å². The zero-order chi connectivity index (χ0) is 18.8. The van der Waals surface area contributed by atoms with E-state index in [4.69, 9.17) is 4.74 Å². The maximum atomic E-state index is 12.0. The Morgan fingerprint density at radius 1 is 1.12 bits per heavy atom. The number of hydrogen-bond donors (Lipinski definition) is 3. The van der Waals surface area contributed by atoms with Crippen LogP contribution in [0.2, 0.25) is 0 Å². The van der Waals surface area contributed by atoms with Gasteiger partial charge in [-0.05, 0) is 30.0 Å². The molecule has 0 saturated carbocycles. The zero-order valence-electron chi connectivity index (χ0n) is 14.4. The number of thiophene rings is 1. The van der Waals surface area contributed by atoms with Gasteiger partial charge in [0, 0.05) is 31.8 Å². The first-order valence-electron chi connectivity index (χ1n) is 8.13. The molecule has 0 fully saturated rings. The minimum atomic E-state index is -0.232. The Morgan fingerprint density at radius 3 is 2.69 bits per heavy atom. The summed E-state index contributed by atoms with van der Waals surface area (Å²) >= 11 is 1.38. The first-order chi connectivity index (χ1) is 12.6. The fraction of sp³-hybridized carbons (Fsp3) is 0.278. The highest BCUT2D eigenvalue weighted by Gasteiger charge is 2.07. The summed E-state index contributed by atoms with van der Waals surface area (Å²) in [5, 5.41) is 9.86. The molecule has 2 aromatic rings. The van der Waals surface area contributed by atoms with E-state index in [9.17, 15) is 14.4 Å². The third-order valence-corrected chi connectivity index (χ3v) is 4.25. The molecule has 0 saturated heterocycles. The predicted molar refractivity (Wildman–Crippen MR) is 101 cm³/mol. The van der Waals surface area contributed by atoms with Crippen LogP contribution in [0, 0.1) is 0 Å². The van der Waals surface area contributed by atoms with E-state index in [1.165, 1.54) is 18.4 Å². The molecular weight excluding hydrogens is 354 g/mol. The fourth-order valence-corrected chi connectivity index (χ4v) is 2.69. The highest BCUT2D eigenvalue weighted by molar-refractivity contribution is 7.12. The number of likely N-dealkylation sites (N-methyl/N-ethyl adjacent to an activating group) is 1. The van der Waals surface area contributed by atoms with E-state index in [-0.39, 0.29) is 30.7 Å². The lowest BCUT2D eigenvalue weighted by Crippen LogP contribution is -2.25. The van der Waals surface area contributed by atoms with Gasteiger partial charge in [0.15, 0.2) is 6.61 Å². The summed E-state index contributed by atoms with van der Waals surface area (Å²) in [6.07, 6.45) is 0.823. The molecule has 0 aliphatic rings. The second kappa shape index (κ2) is 10.2. The minimum absolute atomic E-state index is 0.0855. The summed E-state index contributed by atoms with van der Waals surface area (Å²) in [7, 11) is 1.53. The molecule has 0 atom stereocenters. The van der Waals surface area contributed by atoms with Crippen LogP contribution in [-0.4, -0.2) is 37.9 Å². The quantitative estimate of drug-likeness (QED) is 0.584. The van der Waals surface area contributed by atoms with Crippen LogP contribution in [0.1, 0.15) is 22.5 Å². The highest BCUT2D eigenvalue weighted by atomic mass is 32.1. The van der Waals surface area contributed by atoms with Gasteiger partial charge in [0.05, 0.1) is 4.88 Å². The molecule has 1 heterocycles. The molecule has 3 amide bonds. The van der Waals surface area contributed by atoms with Crippen LogP contribution in [0.4, 0.5) is 5.69 Å². The van der Waals surface area contributed by atoms with E-state index in [1.807, 2.05) is 11.4 Å². The number of rotatable bonds is 9. The van der Waals surface area contributed by atoms with Gasteiger partial charge in [-0.3, -0.25) is 14.4 Å². The third-order valence-electron chi connectivity index (χ3n) is 3.38. The molecule has 2 rings (SSSR count). The molecule has 0 aliphatic heterocycles. The minimum Gasteiger partial charge on any atom is -0.484 e. The molecule has 0 radical (unpaired) electrons. The van der Waals surface area contributed by atoms with Crippen molar-refractivity contribution in [3.05, 3.63) is 46.7 Å². The van der Waals surface area contributed by atoms with Crippen molar-refractivity contribution in [2.75, 3.05) is 25.5 Å². The van der Waals surface area contributed by atoms with Crippen LogP contribution in [0.15, 0.2) is 41.8 Å². The molecule has 3 N–H and O–H groups in total. The van der Waals surface area contributed by atoms with Gasteiger partial charge in [-0.2, -0.15) is 0 Å². The predicted octanol–water partition coefficient (Wildman–Crippen LogP) is 2.02. The molecule has 138 valence electrons. The van der Waals surface area contributed by atoms with Crippen LogP contribution in [0.3, 0.4) is 0 Å². The molecule has 1 aromatic heterocycles. The molecule has 0 unspecified atom stereocenters. The van der Waals surface area contributed by atoms with Crippen molar-refractivity contribution in [3.63, 3.8) is 0 Å². The van der Waals surface area contributed by atoms with Gasteiger partial charge < -0.3 is 20.7 Å². The molecule has 0 bridgehead atoms. The SMILES string of the molecule is CNC(=O)COc1cccc(NC(=O)CCCNC(=O)c2cccs2)c1. The number of amides is 3. The van der Waals surface area contributed by atoms with Gasteiger partial charge in [-0.15, -0.1) is 11.3 Å². The smallest absolute Gasteiger partial charge is 0.261 e. The van der Waals surface area contributed by atoms with Crippen molar-refractivity contribution in [3.8, 4) is 5.75 Å². The van der Waals surface area contributed by atoms with Crippen LogP contribution in [0.5, 0.6) is 5.75 Å². The molecule has 1 aromatic carbocycles. The van der Waals surface area contributed by atoms with Crippen molar-refractivity contribution in [1.82, 2.24) is 10.6 Å². The van der Waals surface area contributed by atoms with Crippen molar-refractivity contribution in [1.29, 1.82) is 0 Å². The molecule has 26 heavy (non-hydrogen) atoms. The van der Waals surface area contributed by atoms with E-state index < -0.39 is 0 Å². The molecule has 0 spiro atoms. The Morgan fingerprint density at radius 2 is 1.96 bits per heavy atom. The number of anilines is 1. The van der Waals surface area contributed by atoms with E-state index in [1.54, 1.807) is 30.3 Å². The molecule has 7 nitrogen and oxygen atoms in total. The maximum absolute atomic E-state index is 12.0. The number of carbonyl (C=O) groups excluding carboxylic acids is 3. The highest BCUT2D eigenvalue weighted by Crippen LogP contribution is 2.17. The number of nitrogens with one attached hydrogen (secondary N) is 3. The van der Waals surface area contributed by atoms with Crippen LogP contribution in [0.25, 0.3) is 0 Å². The summed E-state index contributed by atoms with van der Waals surface area (Å²) in [5.74, 6) is -0.0150. The summed E-state index contributed by atoms with van der Waals surface area (Å²) in [4.78, 5) is 35.6. The Balaban J connectivity index is 1.70. The fourth-order valence-electron chi connectivity index (χ4n) is 2.05. The van der Waals surface area contributed by atoms with Crippen LogP contribution < -0.4 is 20.7 Å². The number of carbonyl (C=O) groups is 3. The molecule has 8 heteroatoms. The molecular formula is C18H21N3O4S. The molecule has 0 aliphatic carbocycles. The Hall–Kier alpha value is -2.87. The average molecular weight is 375 g/mol.